The first-order valence-corrected chi connectivity index (χ1v) is 13.0. The number of benzene rings is 1. The molecule has 5 heterocycles. The van der Waals surface area contributed by atoms with Crippen LogP contribution in [0.4, 0.5) is 0 Å². The summed E-state index contributed by atoms with van der Waals surface area (Å²) in [4.78, 5) is 31.0. The summed E-state index contributed by atoms with van der Waals surface area (Å²) in [6.07, 6.45) is 6.26. The van der Waals surface area contributed by atoms with Crippen LogP contribution in [0.15, 0.2) is 36.8 Å². The van der Waals surface area contributed by atoms with Gasteiger partial charge in [-0.25, -0.2) is 15.0 Å². The Balaban J connectivity index is 1.09. The second-order valence-electron chi connectivity index (χ2n) is 10.2. The number of aryl methyl sites for hydroxylation is 1. The molecule has 2 fully saturated rings. The minimum absolute atomic E-state index is 0.186. The third kappa shape index (κ3) is 4.83. The number of aromatic nitrogens is 4. The van der Waals surface area contributed by atoms with Crippen molar-refractivity contribution in [2.24, 2.45) is 5.41 Å². The normalized spacial score (nSPS) is 16.5. The minimum Gasteiger partial charge on any atom is -0.493 e. The highest BCUT2D eigenvalue weighted by Crippen LogP contribution is 2.39. The van der Waals surface area contributed by atoms with E-state index in [-0.39, 0.29) is 5.91 Å². The number of hydrogen-bond acceptors (Lipinski definition) is 8. The van der Waals surface area contributed by atoms with E-state index in [2.05, 4.69) is 19.9 Å². The maximum Gasteiger partial charge on any atom is 0.230 e. The Hall–Kier alpha value is -3.92. The summed E-state index contributed by atoms with van der Waals surface area (Å²) in [5.74, 6) is 2.27. The molecule has 0 atom stereocenters. The van der Waals surface area contributed by atoms with Crippen molar-refractivity contribution in [2.45, 2.75) is 32.6 Å². The summed E-state index contributed by atoms with van der Waals surface area (Å²) >= 11 is 0. The number of fused-ring (bicyclic) bond motifs is 2. The van der Waals surface area contributed by atoms with Crippen LogP contribution in [0.1, 0.15) is 31.4 Å². The molecule has 6 rings (SSSR count). The fraction of sp³-hybridized carbons (Fsp3) is 0.429. The molecule has 38 heavy (non-hydrogen) atoms. The van der Waals surface area contributed by atoms with E-state index in [1.54, 1.807) is 13.3 Å². The molecular weight excluding hydrogens is 486 g/mol. The molecule has 10 nitrogen and oxygen atoms in total. The van der Waals surface area contributed by atoms with E-state index < -0.39 is 0 Å². The molecule has 2 aliphatic rings. The van der Waals surface area contributed by atoms with Crippen LogP contribution >= 0.6 is 0 Å². The minimum atomic E-state index is 0.186. The predicted octanol–water partition coefficient (Wildman–Crippen LogP) is 4.41. The van der Waals surface area contributed by atoms with Gasteiger partial charge in [0.05, 0.1) is 44.0 Å². The Morgan fingerprint density at radius 3 is 2.71 bits per heavy atom. The van der Waals surface area contributed by atoms with Gasteiger partial charge >= 0.3 is 0 Å². The van der Waals surface area contributed by atoms with Crippen molar-refractivity contribution >= 4 is 27.8 Å². The van der Waals surface area contributed by atoms with Crippen molar-refractivity contribution in [2.75, 3.05) is 40.0 Å². The maximum atomic E-state index is 12.7. The van der Waals surface area contributed by atoms with Gasteiger partial charge in [-0.2, -0.15) is 0 Å². The molecule has 1 amide bonds. The topological polar surface area (TPSA) is 112 Å². The van der Waals surface area contributed by atoms with Crippen molar-refractivity contribution < 1.29 is 23.7 Å². The zero-order valence-electron chi connectivity index (χ0n) is 21.7. The molecule has 1 spiro atoms. The van der Waals surface area contributed by atoms with Crippen LogP contribution in [0.25, 0.3) is 21.9 Å². The predicted molar refractivity (Wildman–Crippen MR) is 141 cm³/mol. The third-order valence-electron chi connectivity index (χ3n) is 7.46. The Kier molecular flexibility index (Phi) is 6.49. The summed E-state index contributed by atoms with van der Waals surface area (Å²) in [7, 11) is 1.59. The van der Waals surface area contributed by atoms with Gasteiger partial charge in [0.15, 0.2) is 11.5 Å². The highest BCUT2D eigenvalue weighted by atomic mass is 16.5. The molecule has 0 radical (unpaired) electrons. The Morgan fingerprint density at radius 1 is 1.11 bits per heavy atom. The molecule has 10 heteroatoms. The lowest BCUT2D eigenvalue weighted by Gasteiger charge is -2.47. The van der Waals surface area contributed by atoms with Gasteiger partial charge in [0, 0.05) is 42.1 Å². The Morgan fingerprint density at radius 2 is 1.95 bits per heavy atom. The molecule has 0 aliphatic carbocycles. The van der Waals surface area contributed by atoms with E-state index in [1.165, 1.54) is 6.33 Å². The van der Waals surface area contributed by atoms with E-state index in [4.69, 9.17) is 18.9 Å². The molecule has 1 aromatic carbocycles. The fourth-order valence-electron chi connectivity index (χ4n) is 5.17. The number of rotatable bonds is 8. The van der Waals surface area contributed by atoms with Gasteiger partial charge in [0.25, 0.3) is 0 Å². The van der Waals surface area contributed by atoms with Crippen molar-refractivity contribution in [1.29, 1.82) is 0 Å². The van der Waals surface area contributed by atoms with Crippen molar-refractivity contribution in [3.63, 3.8) is 0 Å². The van der Waals surface area contributed by atoms with Gasteiger partial charge < -0.3 is 28.8 Å². The number of carbonyl (C=O) groups excluding carboxylic acids is 1. The molecule has 0 bridgehead atoms. The van der Waals surface area contributed by atoms with Gasteiger partial charge in [0.2, 0.25) is 11.8 Å². The SMILES string of the molecule is COc1cc2c(Oc3cnc4[nH]c(C)cc4c3)ncnc2cc1OCCCC(=O)N1CCC2(CC1)COC2. The number of carbonyl (C=O) groups is 1. The second kappa shape index (κ2) is 10.1. The molecule has 0 saturated carbocycles. The van der Waals surface area contributed by atoms with Gasteiger partial charge in [-0.3, -0.25) is 4.79 Å². The van der Waals surface area contributed by atoms with Crippen LogP contribution in [0.3, 0.4) is 0 Å². The molecule has 2 aliphatic heterocycles. The fourth-order valence-corrected chi connectivity index (χ4v) is 5.17. The van der Waals surface area contributed by atoms with Crippen molar-refractivity contribution in [3.8, 4) is 23.1 Å². The van der Waals surface area contributed by atoms with E-state index in [1.807, 2.05) is 36.1 Å². The number of aromatic amines is 1. The number of nitrogens with one attached hydrogen (secondary N) is 1. The molecule has 2 saturated heterocycles. The number of likely N-dealkylation sites (tertiary alicyclic amines) is 1. The first kappa shape index (κ1) is 24.4. The van der Waals surface area contributed by atoms with Crippen LogP contribution in [0, 0.1) is 12.3 Å². The lowest BCUT2D eigenvalue weighted by molar-refractivity contribution is -0.153. The summed E-state index contributed by atoms with van der Waals surface area (Å²) in [6.45, 7) is 5.71. The number of piperidine rings is 1. The van der Waals surface area contributed by atoms with Crippen molar-refractivity contribution in [1.82, 2.24) is 24.8 Å². The molecular formula is C28H31N5O5. The number of ether oxygens (including phenoxy) is 4. The first-order valence-electron chi connectivity index (χ1n) is 13.0. The average Bonchev–Trinajstić information content (AvgIpc) is 3.29. The van der Waals surface area contributed by atoms with Gasteiger partial charge in [-0.1, -0.05) is 0 Å². The van der Waals surface area contributed by atoms with E-state index in [0.29, 0.717) is 58.9 Å². The highest BCUT2D eigenvalue weighted by Gasteiger charge is 2.41. The number of pyridine rings is 1. The van der Waals surface area contributed by atoms with Crippen LogP contribution in [-0.4, -0.2) is 70.8 Å². The Bertz CT molecular complexity index is 1470. The number of nitrogens with zero attached hydrogens (tertiary/aromatic N) is 4. The quantitative estimate of drug-likeness (QED) is 0.342. The molecule has 4 aromatic rings. The van der Waals surface area contributed by atoms with Gasteiger partial charge in [0.1, 0.15) is 17.7 Å². The maximum absolute atomic E-state index is 12.7. The van der Waals surface area contributed by atoms with Crippen LogP contribution < -0.4 is 14.2 Å². The third-order valence-corrected chi connectivity index (χ3v) is 7.46. The number of hydrogen-bond donors (Lipinski definition) is 1. The lowest BCUT2D eigenvalue weighted by atomic mass is 9.77. The molecule has 1 N–H and O–H groups in total. The number of amides is 1. The Labute approximate surface area is 220 Å². The standard InChI is InChI=1S/C28H31N5O5/c1-18-10-19-11-20(14-29-26(19)32-18)38-27-21-12-23(35-2)24(13-22(21)30-17-31-27)37-9-3-4-25(34)33-7-5-28(6-8-33)15-36-16-28/h10-14,17H,3-9,15-16H2,1-2H3,(H,29,32). The summed E-state index contributed by atoms with van der Waals surface area (Å²) in [5, 5.41) is 1.65. The zero-order chi connectivity index (χ0) is 26.1. The lowest BCUT2D eigenvalue weighted by Crippen LogP contribution is -2.52. The monoisotopic (exact) mass is 517 g/mol. The first-order chi connectivity index (χ1) is 18.5. The summed E-state index contributed by atoms with van der Waals surface area (Å²) in [5.41, 5.74) is 2.83. The largest absolute Gasteiger partial charge is 0.493 e. The van der Waals surface area contributed by atoms with E-state index >= 15 is 0 Å². The highest BCUT2D eigenvalue weighted by molar-refractivity contribution is 5.87. The average molecular weight is 518 g/mol. The van der Waals surface area contributed by atoms with Crippen LogP contribution in [0.2, 0.25) is 0 Å². The molecule has 198 valence electrons. The number of methoxy groups -OCH3 is 1. The van der Waals surface area contributed by atoms with Crippen LogP contribution in [0.5, 0.6) is 23.1 Å². The van der Waals surface area contributed by atoms with E-state index in [0.717, 1.165) is 55.9 Å². The van der Waals surface area contributed by atoms with Gasteiger partial charge in [-0.15, -0.1) is 0 Å². The van der Waals surface area contributed by atoms with Crippen LogP contribution in [-0.2, 0) is 9.53 Å². The molecule has 3 aromatic heterocycles. The van der Waals surface area contributed by atoms with Gasteiger partial charge in [-0.05, 0) is 44.4 Å². The van der Waals surface area contributed by atoms with E-state index in [9.17, 15) is 4.79 Å². The second-order valence-corrected chi connectivity index (χ2v) is 10.2. The summed E-state index contributed by atoms with van der Waals surface area (Å²) in [6, 6.07) is 7.55. The number of H-pyrrole nitrogens is 1. The summed E-state index contributed by atoms with van der Waals surface area (Å²) < 4.78 is 23.1. The molecule has 0 unspecified atom stereocenters. The van der Waals surface area contributed by atoms with Crippen molar-refractivity contribution in [3.05, 3.63) is 42.5 Å². The zero-order valence-corrected chi connectivity index (χ0v) is 21.7. The smallest absolute Gasteiger partial charge is 0.230 e.